The van der Waals surface area contributed by atoms with Crippen LogP contribution in [0.25, 0.3) is 11.0 Å². The van der Waals surface area contributed by atoms with E-state index in [9.17, 15) is 4.79 Å². The second-order valence-electron chi connectivity index (χ2n) is 10.4. The van der Waals surface area contributed by atoms with Gasteiger partial charge in [0.2, 0.25) is 0 Å². The SMILES string of the molecule is Cc1ccc(OCCCn2c(CCCCCNC(=O)COc3cc(C)ccc3C)nc3ccccc32)c(C)c1. The van der Waals surface area contributed by atoms with Crippen LogP contribution in [0.1, 0.15) is 53.8 Å². The van der Waals surface area contributed by atoms with Crippen LogP contribution in [-0.2, 0) is 17.8 Å². The van der Waals surface area contributed by atoms with Crippen LogP contribution in [0.2, 0.25) is 0 Å². The molecule has 0 radical (unpaired) electrons. The first-order chi connectivity index (χ1) is 18.9. The van der Waals surface area contributed by atoms with E-state index in [4.69, 9.17) is 14.5 Å². The number of aryl methyl sites for hydroxylation is 6. The molecule has 4 aromatic rings. The summed E-state index contributed by atoms with van der Waals surface area (Å²) in [7, 11) is 0. The van der Waals surface area contributed by atoms with Gasteiger partial charge in [0.15, 0.2) is 6.61 Å². The van der Waals surface area contributed by atoms with Gasteiger partial charge >= 0.3 is 0 Å². The summed E-state index contributed by atoms with van der Waals surface area (Å²) in [6.07, 6.45) is 4.81. The molecule has 6 heteroatoms. The normalized spacial score (nSPS) is 11.1. The number of amides is 1. The Bertz CT molecular complexity index is 1390. The molecule has 3 aromatic carbocycles. The number of hydrogen-bond acceptors (Lipinski definition) is 4. The molecule has 0 saturated heterocycles. The number of imidazole rings is 1. The minimum atomic E-state index is -0.0826. The van der Waals surface area contributed by atoms with Crippen molar-refractivity contribution < 1.29 is 14.3 Å². The molecule has 0 atom stereocenters. The molecule has 206 valence electrons. The molecule has 0 unspecified atom stereocenters. The van der Waals surface area contributed by atoms with E-state index in [1.807, 2.05) is 38.1 Å². The van der Waals surface area contributed by atoms with Crippen molar-refractivity contribution in [2.75, 3.05) is 19.8 Å². The highest BCUT2D eigenvalue weighted by Gasteiger charge is 2.11. The fourth-order valence-electron chi connectivity index (χ4n) is 4.80. The quantitative estimate of drug-likeness (QED) is 0.187. The summed E-state index contributed by atoms with van der Waals surface area (Å²) < 4.78 is 14.1. The van der Waals surface area contributed by atoms with E-state index >= 15 is 0 Å². The number of unbranched alkanes of at least 4 members (excludes halogenated alkanes) is 2. The molecule has 6 nitrogen and oxygen atoms in total. The highest BCUT2D eigenvalue weighted by Crippen LogP contribution is 2.21. The van der Waals surface area contributed by atoms with E-state index in [0.717, 1.165) is 72.6 Å². The lowest BCUT2D eigenvalue weighted by atomic mass is 10.1. The molecule has 0 spiro atoms. The molecular weight excluding hydrogens is 486 g/mol. The Balaban J connectivity index is 1.20. The smallest absolute Gasteiger partial charge is 0.257 e. The van der Waals surface area contributed by atoms with Gasteiger partial charge in [0, 0.05) is 19.5 Å². The van der Waals surface area contributed by atoms with E-state index in [1.165, 1.54) is 16.6 Å². The molecule has 0 saturated carbocycles. The van der Waals surface area contributed by atoms with Gasteiger partial charge in [-0.25, -0.2) is 4.98 Å². The molecule has 0 fully saturated rings. The van der Waals surface area contributed by atoms with Crippen LogP contribution in [0.3, 0.4) is 0 Å². The fraction of sp³-hybridized carbons (Fsp3) is 0.394. The maximum absolute atomic E-state index is 12.2. The zero-order chi connectivity index (χ0) is 27.6. The molecule has 0 bridgehead atoms. The van der Waals surface area contributed by atoms with Crippen LogP contribution in [0.4, 0.5) is 0 Å². The van der Waals surface area contributed by atoms with Crippen LogP contribution >= 0.6 is 0 Å². The second-order valence-corrected chi connectivity index (χ2v) is 10.4. The van der Waals surface area contributed by atoms with Crippen molar-refractivity contribution in [1.29, 1.82) is 0 Å². The number of para-hydroxylation sites is 2. The Morgan fingerprint density at radius 3 is 2.46 bits per heavy atom. The van der Waals surface area contributed by atoms with Gasteiger partial charge in [0.05, 0.1) is 17.6 Å². The van der Waals surface area contributed by atoms with Crippen LogP contribution in [0.5, 0.6) is 11.5 Å². The Morgan fingerprint density at radius 1 is 0.821 bits per heavy atom. The van der Waals surface area contributed by atoms with Crippen LogP contribution < -0.4 is 14.8 Å². The van der Waals surface area contributed by atoms with Crippen molar-refractivity contribution in [2.24, 2.45) is 0 Å². The zero-order valence-corrected chi connectivity index (χ0v) is 23.8. The summed E-state index contributed by atoms with van der Waals surface area (Å²) in [5.41, 5.74) is 6.80. The summed E-state index contributed by atoms with van der Waals surface area (Å²) >= 11 is 0. The number of fused-ring (bicyclic) bond motifs is 1. The molecular formula is C33H41N3O3. The van der Waals surface area contributed by atoms with E-state index in [-0.39, 0.29) is 12.5 Å². The number of nitrogens with one attached hydrogen (secondary N) is 1. The first-order valence-electron chi connectivity index (χ1n) is 14.0. The Hall–Kier alpha value is -3.80. The Morgan fingerprint density at radius 2 is 1.62 bits per heavy atom. The van der Waals surface area contributed by atoms with E-state index < -0.39 is 0 Å². The van der Waals surface area contributed by atoms with Gasteiger partial charge in [-0.05, 0) is 87.9 Å². The molecule has 1 heterocycles. The standard InChI is InChI=1S/C33H41N3O3/c1-24-15-17-30(27(4)21-24)38-20-10-19-36-29-12-8-7-11-28(29)35-32(36)13-6-5-9-18-34-33(37)23-39-31-22-25(2)14-16-26(31)3/h7-8,11-12,14-17,21-22H,5-6,9-10,13,18-20,23H2,1-4H3,(H,34,37). The molecule has 0 aliphatic carbocycles. The summed E-state index contributed by atoms with van der Waals surface area (Å²) in [4.78, 5) is 17.1. The van der Waals surface area contributed by atoms with E-state index in [2.05, 4.69) is 60.1 Å². The third-order valence-corrected chi connectivity index (χ3v) is 6.95. The molecule has 1 amide bonds. The van der Waals surface area contributed by atoms with Crippen molar-refractivity contribution in [3.05, 3.63) is 88.7 Å². The molecule has 0 aliphatic rings. The highest BCUT2D eigenvalue weighted by atomic mass is 16.5. The van der Waals surface area contributed by atoms with Gasteiger partial charge < -0.3 is 19.4 Å². The van der Waals surface area contributed by atoms with Crippen LogP contribution in [0.15, 0.2) is 60.7 Å². The molecule has 0 aliphatic heterocycles. The van der Waals surface area contributed by atoms with Gasteiger partial charge in [0.1, 0.15) is 17.3 Å². The van der Waals surface area contributed by atoms with Crippen LogP contribution in [0, 0.1) is 27.7 Å². The largest absolute Gasteiger partial charge is 0.493 e. The lowest BCUT2D eigenvalue weighted by molar-refractivity contribution is -0.123. The molecule has 1 N–H and O–H groups in total. The van der Waals surface area contributed by atoms with Crippen molar-refractivity contribution >= 4 is 16.9 Å². The average Bonchev–Trinajstić information content (AvgIpc) is 3.27. The van der Waals surface area contributed by atoms with Gasteiger partial charge in [0.25, 0.3) is 5.91 Å². The lowest BCUT2D eigenvalue weighted by Crippen LogP contribution is -2.29. The number of benzene rings is 3. The fourth-order valence-corrected chi connectivity index (χ4v) is 4.80. The third-order valence-electron chi connectivity index (χ3n) is 6.95. The number of nitrogens with zero attached hydrogens (tertiary/aromatic N) is 2. The number of aromatic nitrogens is 2. The van der Waals surface area contributed by atoms with Crippen molar-refractivity contribution in [1.82, 2.24) is 14.9 Å². The first kappa shape index (κ1) is 28.2. The Kier molecular flexibility index (Phi) is 10.0. The van der Waals surface area contributed by atoms with Crippen molar-refractivity contribution in [3.8, 4) is 11.5 Å². The highest BCUT2D eigenvalue weighted by molar-refractivity contribution is 5.77. The monoisotopic (exact) mass is 527 g/mol. The summed E-state index contributed by atoms with van der Waals surface area (Å²) in [5, 5.41) is 2.97. The molecule has 1 aromatic heterocycles. The number of rotatable bonds is 14. The number of carbonyl (C=O) groups excluding carboxylic acids is 1. The predicted octanol–water partition coefficient (Wildman–Crippen LogP) is 6.65. The molecule has 4 rings (SSSR count). The number of hydrogen-bond donors (Lipinski definition) is 1. The maximum atomic E-state index is 12.2. The van der Waals surface area contributed by atoms with E-state index in [1.54, 1.807) is 0 Å². The van der Waals surface area contributed by atoms with Crippen molar-refractivity contribution in [3.63, 3.8) is 0 Å². The first-order valence-corrected chi connectivity index (χ1v) is 14.0. The summed E-state index contributed by atoms with van der Waals surface area (Å²) in [6, 6.07) is 20.7. The maximum Gasteiger partial charge on any atom is 0.257 e. The average molecular weight is 528 g/mol. The second kappa shape index (κ2) is 13.8. The van der Waals surface area contributed by atoms with Gasteiger partial charge in [-0.2, -0.15) is 0 Å². The minimum Gasteiger partial charge on any atom is -0.493 e. The number of carbonyl (C=O) groups is 1. The van der Waals surface area contributed by atoms with E-state index in [0.29, 0.717) is 13.2 Å². The van der Waals surface area contributed by atoms with Gasteiger partial charge in [-0.3, -0.25) is 4.79 Å². The third kappa shape index (κ3) is 8.09. The minimum absolute atomic E-state index is 0.0432. The van der Waals surface area contributed by atoms with Crippen LogP contribution in [-0.4, -0.2) is 35.2 Å². The predicted molar refractivity (Wildman–Crippen MR) is 158 cm³/mol. The van der Waals surface area contributed by atoms with Crippen molar-refractivity contribution in [2.45, 2.75) is 66.3 Å². The topological polar surface area (TPSA) is 65.4 Å². The zero-order valence-electron chi connectivity index (χ0n) is 23.8. The molecule has 39 heavy (non-hydrogen) atoms. The van der Waals surface area contributed by atoms with Gasteiger partial charge in [-0.1, -0.05) is 48.4 Å². The van der Waals surface area contributed by atoms with Gasteiger partial charge in [-0.15, -0.1) is 0 Å². The lowest BCUT2D eigenvalue weighted by Gasteiger charge is -2.12. The number of ether oxygens (including phenoxy) is 2. The summed E-state index contributed by atoms with van der Waals surface area (Å²) in [5.74, 6) is 2.76. The summed E-state index contributed by atoms with van der Waals surface area (Å²) in [6.45, 7) is 10.4. The Labute approximate surface area is 232 Å².